The molecular formula is C27H25N5O3. The fourth-order valence-corrected chi connectivity index (χ4v) is 3.81. The van der Waals surface area contributed by atoms with Gasteiger partial charge in [0.05, 0.1) is 24.7 Å². The van der Waals surface area contributed by atoms with Crippen LogP contribution in [-0.4, -0.2) is 22.7 Å². The van der Waals surface area contributed by atoms with E-state index in [0.29, 0.717) is 24.4 Å². The van der Waals surface area contributed by atoms with Gasteiger partial charge in [-0.3, -0.25) is 14.3 Å². The standard InChI is InChI=1S/C27H25N5O3/c28-17-22-12-7-13-23(16-22)35-15-14-31(18-20-8-3-1-4-9-20)24-25(29)32(27(34)30-26(24)33)19-21-10-5-2-6-11-21/h1-13,16H,14-15,18-19,29H2,(H,30,33,34). The van der Waals surface area contributed by atoms with E-state index in [2.05, 4.69) is 11.1 Å². The van der Waals surface area contributed by atoms with Gasteiger partial charge in [-0.25, -0.2) is 4.79 Å². The van der Waals surface area contributed by atoms with E-state index in [9.17, 15) is 9.59 Å². The van der Waals surface area contributed by atoms with Gasteiger partial charge in [-0.15, -0.1) is 0 Å². The van der Waals surface area contributed by atoms with Crippen LogP contribution in [0.5, 0.6) is 5.75 Å². The molecule has 0 saturated heterocycles. The highest BCUT2D eigenvalue weighted by atomic mass is 16.5. The second kappa shape index (κ2) is 10.9. The van der Waals surface area contributed by atoms with E-state index in [1.165, 1.54) is 4.57 Å². The van der Waals surface area contributed by atoms with Gasteiger partial charge in [0.15, 0.2) is 0 Å². The molecule has 1 heterocycles. The van der Waals surface area contributed by atoms with Gasteiger partial charge >= 0.3 is 5.69 Å². The molecule has 0 aliphatic heterocycles. The average molecular weight is 468 g/mol. The first kappa shape index (κ1) is 23.4. The van der Waals surface area contributed by atoms with Gasteiger partial charge in [0.1, 0.15) is 23.9 Å². The molecule has 0 amide bonds. The van der Waals surface area contributed by atoms with E-state index in [1.54, 1.807) is 29.2 Å². The fraction of sp³-hybridized carbons (Fsp3) is 0.148. The Bertz CT molecular complexity index is 1440. The Morgan fingerprint density at radius 2 is 1.63 bits per heavy atom. The number of benzene rings is 3. The first-order valence-electron chi connectivity index (χ1n) is 11.1. The smallest absolute Gasteiger partial charge is 0.330 e. The van der Waals surface area contributed by atoms with Crippen LogP contribution in [0.1, 0.15) is 16.7 Å². The molecule has 8 nitrogen and oxygen atoms in total. The number of nitrogens with zero attached hydrogens (tertiary/aromatic N) is 3. The molecule has 0 aliphatic rings. The predicted molar refractivity (Wildman–Crippen MR) is 135 cm³/mol. The summed E-state index contributed by atoms with van der Waals surface area (Å²) >= 11 is 0. The van der Waals surface area contributed by atoms with Crippen LogP contribution in [0.4, 0.5) is 11.5 Å². The van der Waals surface area contributed by atoms with Gasteiger partial charge in [-0.2, -0.15) is 5.26 Å². The lowest BCUT2D eigenvalue weighted by molar-refractivity contribution is 0.323. The molecule has 0 saturated carbocycles. The maximum atomic E-state index is 12.9. The van der Waals surface area contributed by atoms with Crippen LogP contribution >= 0.6 is 0 Å². The number of ether oxygens (including phenoxy) is 1. The van der Waals surface area contributed by atoms with E-state index >= 15 is 0 Å². The Kier molecular flexibility index (Phi) is 7.28. The van der Waals surface area contributed by atoms with Crippen molar-refractivity contribution in [2.45, 2.75) is 13.1 Å². The van der Waals surface area contributed by atoms with Crippen molar-refractivity contribution in [2.75, 3.05) is 23.8 Å². The number of nitrogen functional groups attached to an aromatic ring is 1. The first-order valence-corrected chi connectivity index (χ1v) is 11.1. The summed E-state index contributed by atoms with van der Waals surface area (Å²) in [6.07, 6.45) is 0. The number of hydrogen-bond donors (Lipinski definition) is 2. The molecule has 176 valence electrons. The molecule has 0 fully saturated rings. The van der Waals surface area contributed by atoms with Crippen LogP contribution in [0, 0.1) is 11.3 Å². The summed E-state index contributed by atoms with van der Waals surface area (Å²) in [6.45, 7) is 1.17. The zero-order valence-electron chi connectivity index (χ0n) is 19.1. The quantitative estimate of drug-likeness (QED) is 0.391. The van der Waals surface area contributed by atoms with Crippen molar-refractivity contribution in [3.8, 4) is 11.8 Å². The number of aromatic amines is 1. The monoisotopic (exact) mass is 467 g/mol. The molecule has 0 radical (unpaired) electrons. The van der Waals surface area contributed by atoms with Crippen molar-refractivity contribution in [3.05, 3.63) is 122 Å². The number of H-pyrrole nitrogens is 1. The van der Waals surface area contributed by atoms with Crippen LogP contribution in [0.25, 0.3) is 0 Å². The van der Waals surface area contributed by atoms with Crippen LogP contribution in [-0.2, 0) is 13.1 Å². The van der Waals surface area contributed by atoms with Crippen molar-refractivity contribution in [1.29, 1.82) is 5.26 Å². The van der Waals surface area contributed by atoms with E-state index in [-0.39, 0.29) is 24.7 Å². The Balaban J connectivity index is 1.65. The molecule has 8 heteroatoms. The van der Waals surface area contributed by atoms with Crippen molar-refractivity contribution in [2.24, 2.45) is 0 Å². The number of nitrogens with two attached hydrogens (primary N) is 1. The number of rotatable bonds is 9. The summed E-state index contributed by atoms with van der Waals surface area (Å²) < 4.78 is 7.22. The highest BCUT2D eigenvalue weighted by Crippen LogP contribution is 2.21. The van der Waals surface area contributed by atoms with Gasteiger partial charge in [0.25, 0.3) is 5.56 Å². The summed E-state index contributed by atoms with van der Waals surface area (Å²) in [5.41, 5.74) is 7.87. The van der Waals surface area contributed by atoms with Gasteiger partial charge in [0.2, 0.25) is 0 Å². The van der Waals surface area contributed by atoms with Crippen molar-refractivity contribution in [3.63, 3.8) is 0 Å². The SMILES string of the molecule is N#Cc1cccc(OCCN(Cc2ccccc2)c2c(N)n(Cc3ccccc3)c(=O)[nH]c2=O)c1. The van der Waals surface area contributed by atoms with Gasteiger partial charge < -0.3 is 15.4 Å². The van der Waals surface area contributed by atoms with Crippen LogP contribution in [0.2, 0.25) is 0 Å². The normalized spacial score (nSPS) is 10.5. The van der Waals surface area contributed by atoms with Gasteiger partial charge in [-0.1, -0.05) is 66.7 Å². The molecule has 3 aromatic carbocycles. The summed E-state index contributed by atoms with van der Waals surface area (Å²) in [5.74, 6) is 0.643. The van der Waals surface area contributed by atoms with Gasteiger partial charge in [0, 0.05) is 6.54 Å². The minimum absolute atomic E-state index is 0.0880. The summed E-state index contributed by atoms with van der Waals surface area (Å²) in [6, 6.07) is 28.0. The molecule has 4 aromatic rings. The highest BCUT2D eigenvalue weighted by Gasteiger charge is 2.20. The summed E-state index contributed by atoms with van der Waals surface area (Å²) in [7, 11) is 0. The zero-order chi connectivity index (χ0) is 24.6. The predicted octanol–water partition coefficient (Wildman–Crippen LogP) is 3.12. The van der Waals surface area contributed by atoms with E-state index in [4.69, 9.17) is 15.7 Å². The minimum atomic E-state index is -0.565. The molecule has 0 unspecified atom stereocenters. The molecule has 0 bridgehead atoms. The Labute approximate surface area is 202 Å². The largest absolute Gasteiger partial charge is 0.492 e. The molecule has 0 atom stereocenters. The average Bonchev–Trinajstić information content (AvgIpc) is 2.87. The zero-order valence-corrected chi connectivity index (χ0v) is 19.1. The lowest BCUT2D eigenvalue weighted by Gasteiger charge is -2.26. The van der Waals surface area contributed by atoms with Crippen molar-refractivity contribution >= 4 is 11.5 Å². The van der Waals surface area contributed by atoms with Crippen LogP contribution < -0.4 is 26.6 Å². The summed E-state index contributed by atoms with van der Waals surface area (Å²) in [5, 5.41) is 9.11. The number of nitrogens with one attached hydrogen (secondary N) is 1. The van der Waals surface area contributed by atoms with Crippen LogP contribution in [0.3, 0.4) is 0 Å². The molecule has 0 spiro atoms. The van der Waals surface area contributed by atoms with Crippen LogP contribution in [0.15, 0.2) is 94.5 Å². The second-order valence-electron chi connectivity index (χ2n) is 7.96. The Morgan fingerprint density at radius 1 is 0.943 bits per heavy atom. The lowest BCUT2D eigenvalue weighted by atomic mass is 10.2. The Hall–Kier alpha value is -4.77. The van der Waals surface area contributed by atoms with Gasteiger partial charge in [-0.05, 0) is 29.3 Å². The fourth-order valence-electron chi connectivity index (χ4n) is 3.81. The number of hydrogen-bond acceptors (Lipinski definition) is 6. The van der Waals surface area contributed by atoms with Crippen molar-refractivity contribution < 1.29 is 4.74 Å². The number of anilines is 2. The maximum absolute atomic E-state index is 12.9. The maximum Gasteiger partial charge on any atom is 0.330 e. The molecular weight excluding hydrogens is 442 g/mol. The molecule has 1 aromatic heterocycles. The first-order chi connectivity index (χ1) is 17.0. The molecule has 3 N–H and O–H groups in total. The number of aromatic nitrogens is 2. The molecule has 4 rings (SSSR count). The minimum Gasteiger partial charge on any atom is -0.492 e. The van der Waals surface area contributed by atoms with E-state index in [1.807, 2.05) is 60.7 Å². The Morgan fingerprint density at radius 3 is 2.31 bits per heavy atom. The lowest BCUT2D eigenvalue weighted by Crippen LogP contribution is -2.39. The number of nitriles is 1. The third-order valence-electron chi connectivity index (χ3n) is 5.52. The van der Waals surface area contributed by atoms with E-state index in [0.717, 1.165) is 11.1 Å². The molecule has 0 aliphatic carbocycles. The highest BCUT2D eigenvalue weighted by molar-refractivity contribution is 5.62. The van der Waals surface area contributed by atoms with E-state index < -0.39 is 11.2 Å². The van der Waals surface area contributed by atoms with Crippen molar-refractivity contribution in [1.82, 2.24) is 9.55 Å². The third-order valence-corrected chi connectivity index (χ3v) is 5.52. The third kappa shape index (κ3) is 5.78. The topological polar surface area (TPSA) is 117 Å². The summed E-state index contributed by atoms with van der Waals surface area (Å²) in [4.78, 5) is 29.8. The molecule has 35 heavy (non-hydrogen) atoms. The second-order valence-corrected chi connectivity index (χ2v) is 7.96.